The van der Waals surface area contributed by atoms with Crippen molar-refractivity contribution in [2.75, 3.05) is 0 Å². The largest absolute Gasteiger partial charge is 0.361 e. The topological polar surface area (TPSA) is 81.2 Å². The van der Waals surface area contributed by atoms with E-state index in [-0.39, 0.29) is 11.9 Å². The van der Waals surface area contributed by atoms with Gasteiger partial charge in [0.15, 0.2) is 0 Å². The van der Waals surface area contributed by atoms with E-state index in [2.05, 4.69) is 24.3 Å². The van der Waals surface area contributed by atoms with Crippen LogP contribution in [-0.4, -0.2) is 23.1 Å². The van der Waals surface area contributed by atoms with Crippen LogP contribution in [0.5, 0.6) is 0 Å². The SMILES string of the molecule is Cc1noc(C)c1CC(C)NC(=O)[C@@H](N)CC(C)C. The lowest BCUT2D eigenvalue weighted by atomic mass is 10.0. The van der Waals surface area contributed by atoms with Gasteiger partial charge in [0.05, 0.1) is 11.7 Å². The molecular formula is C14H25N3O2. The summed E-state index contributed by atoms with van der Waals surface area (Å²) < 4.78 is 5.11. The normalized spacial score (nSPS) is 14.5. The maximum absolute atomic E-state index is 11.9. The fourth-order valence-electron chi connectivity index (χ4n) is 2.12. The van der Waals surface area contributed by atoms with Crippen molar-refractivity contribution in [1.29, 1.82) is 0 Å². The molecule has 1 aromatic rings. The third-order valence-electron chi connectivity index (χ3n) is 3.14. The zero-order chi connectivity index (χ0) is 14.6. The number of hydrogen-bond acceptors (Lipinski definition) is 4. The minimum Gasteiger partial charge on any atom is -0.361 e. The molecule has 0 aliphatic rings. The van der Waals surface area contributed by atoms with E-state index in [1.807, 2.05) is 20.8 Å². The van der Waals surface area contributed by atoms with Crippen LogP contribution in [0.2, 0.25) is 0 Å². The van der Waals surface area contributed by atoms with Crippen molar-refractivity contribution in [3.8, 4) is 0 Å². The van der Waals surface area contributed by atoms with Crippen LogP contribution in [0, 0.1) is 19.8 Å². The lowest BCUT2D eigenvalue weighted by molar-refractivity contribution is -0.123. The Morgan fingerprint density at radius 3 is 2.47 bits per heavy atom. The number of aromatic nitrogens is 1. The second kappa shape index (κ2) is 6.70. The monoisotopic (exact) mass is 267 g/mol. The summed E-state index contributed by atoms with van der Waals surface area (Å²) in [4.78, 5) is 11.9. The molecule has 1 rings (SSSR count). The molecule has 0 aliphatic carbocycles. The highest BCUT2D eigenvalue weighted by molar-refractivity contribution is 5.81. The number of carbonyl (C=O) groups excluding carboxylic acids is 1. The van der Waals surface area contributed by atoms with Gasteiger partial charge in [0.2, 0.25) is 5.91 Å². The Labute approximate surface area is 114 Å². The molecule has 0 aromatic carbocycles. The highest BCUT2D eigenvalue weighted by Crippen LogP contribution is 2.14. The number of rotatable bonds is 6. The number of aryl methyl sites for hydroxylation is 2. The first-order valence-electron chi connectivity index (χ1n) is 6.79. The Hall–Kier alpha value is -1.36. The molecule has 5 nitrogen and oxygen atoms in total. The molecular weight excluding hydrogens is 242 g/mol. The van der Waals surface area contributed by atoms with E-state index >= 15 is 0 Å². The Morgan fingerprint density at radius 1 is 1.37 bits per heavy atom. The van der Waals surface area contributed by atoms with Gasteiger partial charge in [-0.3, -0.25) is 4.79 Å². The van der Waals surface area contributed by atoms with Crippen LogP contribution in [0.25, 0.3) is 0 Å². The van der Waals surface area contributed by atoms with Crippen LogP contribution >= 0.6 is 0 Å². The first-order valence-corrected chi connectivity index (χ1v) is 6.79. The molecule has 108 valence electrons. The number of nitrogens with one attached hydrogen (secondary N) is 1. The smallest absolute Gasteiger partial charge is 0.237 e. The minimum atomic E-state index is -0.438. The van der Waals surface area contributed by atoms with Gasteiger partial charge in [-0.25, -0.2) is 0 Å². The van der Waals surface area contributed by atoms with E-state index in [1.54, 1.807) is 0 Å². The summed E-state index contributed by atoms with van der Waals surface area (Å²) in [6.45, 7) is 9.87. The number of nitrogens with two attached hydrogens (primary N) is 1. The van der Waals surface area contributed by atoms with E-state index in [9.17, 15) is 4.79 Å². The highest BCUT2D eigenvalue weighted by atomic mass is 16.5. The van der Waals surface area contributed by atoms with Crippen LogP contribution in [0.3, 0.4) is 0 Å². The first kappa shape index (κ1) is 15.7. The van der Waals surface area contributed by atoms with E-state index in [0.717, 1.165) is 17.0 Å². The van der Waals surface area contributed by atoms with Crippen LogP contribution in [0.15, 0.2) is 4.52 Å². The third kappa shape index (κ3) is 4.67. The predicted molar refractivity (Wildman–Crippen MR) is 74.7 cm³/mol. The Balaban J connectivity index is 2.51. The van der Waals surface area contributed by atoms with Crippen molar-refractivity contribution in [3.63, 3.8) is 0 Å². The van der Waals surface area contributed by atoms with Gasteiger partial charge < -0.3 is 15.6 Å². The molecule has 0 fully saturated rings. The van der Waals surface area contributed by atoms with Crippen LogP contribution in [0.4, 0.5) is 0 Å². The lowest BCUT2D eigenvalue weighted by Gasteiger charge is -2.18. The van der Waals surface area contributed by atoms with Crippen molar-refractivity contribution in [2.45, 2.75) is 59.5 Å². The van der Waals surface area contributed by atoms with Crippen molar-refractivity contribution < 1.29 is 9.32 Å². The van der Waals surface area contributed by atoms with Gasteiger partial charge in [-0.05, 0) is 39.5 Å². The molecule has 1 heterocycles. The molecule has 0 saturated carbocycles. The molecule has 0 aliphatic heterocycles. The summed E-state index contributed by atoms with van der Waals surface area (Å²) in [5, 5.41) is 6.85. The molecule has 0 radical (unpaired) electrons. The maximum Gasteiger partial charge on any atom is 0.237 e. The Morgan fingerprint density at radius 2 is 2.00 bits per heavy atom. The van der Waals surface area contributed by atoms with Gasteiger partial charge in [0, 0.05) is 11.6 Å². The molecule has 0 saturated heterocycles. The molecule has 2 atom stereocenters. The third-order valence-corrected chi connectivity index (χ3v) is 3.14. The Bertz CT molecular complexity index is 407. The number of carbonyl (C=O) groups is 1. The average Bonchev–Trinajstić information content (AvgIpc) is 2.59. The molecule has 5 heteroatoms. The summed E-state index contributed by atoms with van der Waals surface area (Å²) in [7, 11) is 0. The zero-order valence-electron chi connectivity index (χ0n) is 12.5. The van der Waals surface area contributed by atoms with Crippen molar-refractivity contribution in [2.24, 2.45) is 11.7 Å². The average molecular weight is 267 g/mol. The lowest BCUT2D eigenvalue weighted by Crippen LogP contribution is -2.45. The zero-order valence-corrected chi connectivity index (χ0v) is 12.5. The second-order valence-electron chi connectivity index (χ2n) is 5.65. The maximum atomic E-state index is 11.9. The summed E-state index contributed by atoms with van der Waals surface area (Å²) in [5.41, 5.74) is 7.80. The van der Waals surface area contributed by atoms with E-state index in [1.165, 1.54) is 0 Å². The van der Waals surface area contributed by atoms with Gasteiger partial charge in [-0.1, -0.05) is 19.0 Å². The standard InChI is InChI=1S/C14H25N3O2/c1-8(2)6-13(15)14(18)16-9(3)7-12-10(4)17-19-11(12)5/h8-9,13H,6-7,15H2,1-5H3,(H,16,18)/t9?,13-/m0/s1. The van der Waals surface area contributed by atoms with Gasteiger partial charge in [0.1, 0.15) is 5.76 Å². The van der Waals surface area contributed by atoms with Crippen molar-refractivity contribution in [1.82, 2.24) is 10.5 Å². The minimum absolute atomic E-state index is 0.0162. The molecule has 1 unspecified atom stereocenters. The molecule has 0 bridgehead atoms. The summed E-state index contributed by atoms with van der Waals surface area (Å²) in [6.07, 6.45) is 1.41. The number of hydrogen-bond donors (Lipinski definition) is 2. The summed E-state index contributed by atoms with van der Waals surface area (Å²) in [6, 6.07) is -0.422. The van der Waals surface area contributed by atoms with Gasteiger partial charge in [-0.15, -0.1) is 0 Å². The van der Waals surface area contributed by atoms with E-state index in [0.29, 0.717) is 18.8 Å². The van der Waals surface area contributed by atoms with Gasteiger partial charge >= 0.3 is 0 Å². The van der Waals surface area contributed by atoms with Crippen LogP contribution in [0.1, 0.15) is 44.2 Å². The van der Waals surface area contributed by atoms with E-state index in [4.69, 9.17) is 10.3 Å². The Kier molecular flexibility index (Phi) is 5.54. The molecule has 1 amide bonds. The van der Waals surface area contributed by atoms with Crippen LogP contribution < -0.4 is 11.1 Å². The molecule has 19 heavy (non-hydrogen) atoms. The molecule has 0 spiro atoms. The second-order valence-corrected chi connectivity index (χ2v) is 5.65. The van der Waals surface area contributed by atoms with Crippen molar-refractivity contribution >= 4 is 5.91 Å². The predicted octanol–water partition coefficient (Wildman–Crippen LogP) is 1.71. The summed E-state index contributed by atoms with van der Waals surface area (Å²) in [5.74, 6) is 1.14. The number of amides is 1. The van der Waals surface area contributed by atoms with Crippen LogP contribution in [-0.2, 0) is 11.2 Å². The van der Waals surface area contributed by atoms with E-state index < -0.39 is 6.04 Å². The highest BCUT2D eigenvalue weighted by Gasteiger charge is 2.19. The molecule has 3 N–H and O–H groups in total. The molecule has 1 aromatic heterocycles. The van der Waals surface area contributed by atoms with Gasteiger partial charge in [0.25, 0.3) is 0 Å². The quantitative estimate of drug-likeness (QED) is 0.822. The fourth-order valence-corrected chi connectivity index (χ4v) is 2.12. The van der Waals surface area contributed by atoms with Gasteiger partial charge in [-0.2, -0.15) is 0 Å². The fraction of sp³-hybridized carbons (Fsp3) is 0.714. The first-order chi connectivity index (χ1) is 8.81. The summed E-state index contributed by atoms with van der Waals surface area (Å²) >= 11 is 0. The number of nitrogens with zero attached hydrogens (tertiary/aromatic N) is 1. The van der Waals surface area contributed by atoms with Crippen molar-refractivity contribution in [3.05, 3.63) is 17.0 Å².